The van der Waals surface area contributed by atoms with E-state index in [2.05, 4.69) is 5.32 Å². The molecule has 0 saturated carbocycles. The lowest BCUT2D eigenvalue weighted by molar-refractivity contribution is -0.116. The molecule has 1 amide bonds. The number of anilines is 1. The van der Waals surface area contributed by atoms with E-state index in [-0.39, 0.29) is 5.91 Å². The van der Waals surface area contributed by atoms with Gasteiger partial charge in [-0.05, 0) is 37.1 Å². The number of amides is 1. The summed E-state index contributed by atoms with van der Waals surface area (Å²) in [7, 11) is 2.94. The number of carbonyl (C=O) groups excluding carboxylic acids is 2. The van der Waals surface area contributed by atoms with Crippen molar-refractivity contribution in [1.29, 1.82) is 0 Å². The molecule has 0 spiro atoms. The quantitative estimate of drug-likeness (QED) is 0.823. The number of hydrogen-bond acceptors (Lipinski definition) is 5. The largest absolute Gasteiger partial charge is 0.497 e. The highest BCUT2D eigenvalue weighted by atomic mass is 32.1. The molecule has 122 valence electrons. The summed E-state index contributed by atoms with van der Waals surface area (Å²) in [4.78, 5) is 24.7. The number of thiophene rings is 1. The maximum absolute atomic E-state index is 12.1. The van der Waals surface area contributed by atoms with Crippen LogP contribution in [0.15, 0.2) is 30.3 Å². The Balaban J connectivity index is 1.95. The first kappa shape index (κ1) is 17.0. The minimum Gasteiger partial charge on any atom is -0.497 e. The number of nitrogens with one attached hydrogen (secondary N) is 1. The van der Waals surface area contributed by atoms with Gasteiger partial charge in [0.25, 0.3) is 0 Å². The van der Waals surface area contributed by atoms with Gasteiger partial charge in [0.1, 0.15) is 10.8 Å². The zero-order valence-corrected chi connectivity index (χ0v) is 14.2. The zero-order valence-electron chi connectivity index (χ0n) is 13.3. The fourth-order valence-corrected chi connectivity index (χ4v) is 3.02. The highest BCUT2D eigenvalue weighted by molar-refractivity contribution is 7.16. The summed E-state index contributed by atoms with van der Waals surface area (Å²) in [6.45, 7) is 1.88. The summed E-state index contributed by atoms with van der Waals surface area (Å²) in [6.07, 6.45) is 0.956. The van der Waals surface area contributed by atoms with Gasteiger partial charge >= 0.3 is 5.97 Å². The van der Waals surface area contributed by atoms with Crippen LogP contribution in [0.5, 0.6) is 5.75 Å². The molecule has 0 aliphatic rings. The van der Waals surface area contributed by atoms with E-state index in [1.165, 1.54) is 18.4 Å². The van der Waals surface area contributed by atoms with E-state index in [9.17, 15) is 9.59 Å². The average molecular weight is 333 g/mol. The van der Waals surface area contributed by atoms with E-state index in [0.29, 0.717) is 23.4 Å². The molecule has 0 unspecified atom stereocenters. The molecule has 0 aliphatic heterocycles. The van der Waals surface area contributed by atoms with E-state index in [0.717, 1.165) is 16.2 Å². The van der Waals surface area contributed by atoms with Gasteiger partial charge in [-0.15, -0.1) is 11.3 Å². The van der Waals surface area contributed by atoms with Crippen LogP contribution in [0.25, 0.3) is 0 Å². The van der Waals surface area contributed by atoms with Gasteiger partial charge in [0.05, 0.1) is 19.8 Å². The highest BCUT2D eigenvalue weighted by Gasteiger charge is 2.17. The molecule has 0 bridgehead atoms. The number of benzene rings is 1. The fourth-order valence-electron chi connectivity index (χ4n) is 2.11. The van der Waals surface area contributed by atoms with Gasteiger partial charge in [-0.1, -0.05) is 12.1 Å². The topological polar surface area (TPSA) is 64.6 Å². The molecule has 2 rings (SSSR count). The molecule has 23 heavy (non-hydrogen) atoms. The first-order valence-electron chi connectivity index (χ1n) is 7.15. The number of aryl methyl sites for hydroxylation is 2. The minimum atomic E-state index is -0.445. The minimum absolute atomic E-state index is 0.132. The number of hydrogen-bond donors (Lipinski definition) is 1. The number of ether oxygens (including phenoxy) is 2. The Bertz CT molecular complexity index is 691. The van der Waals surface area contributed by atoms with Crippen molar-refractivity contribution in [1.82, 2.24) is 0 Å². The van der Waals surface area contributed by atoms with Crippen molar-refractivity contribution in [3.8, 4) is 5.75 Å². The first-order valence-corrected chi connectivity index (χ1v) is 7.96. The van der Waals surface area contributed by atoms with Gasteiger partial charge in [0.15, 0.2) is 0 Å². The molecule has 0 saturated heterocycles. The number of methoxy groups -OCH3 is 2. The first-order chi connectivity index (χ1) is 11.0. The lowest BCUT2D eigenvalue weighted by Gasteiger charge is -2.06. The van der Waals surface area contributed by atoms with Crippen molar-refractivity contribution in [3.63, 3.8) is 0 Å². The van der Waals surface area contributed by atoms with Crippen LogP contribution in [0.1, 0.15) is 27.2 Å². The maximum Gasteiger partial charge on any atom is 0.340 e. The molecule has 0 fully saturated rings. The molecule has 5 nitrogen and oxygen atoms in total. The van der Waals surface area contributed by atoms with E-state index in [4.69, 9.17) is 9.47 Å². The summed E-state index contributed by atoms with van der Waals surface area (Å²) in [5.74, 6) is 0.211. The predicted octanol–water partition coefficient (Wildman–Crippen LogP) is 3.42. The van der Waals surface area contributed by atoms with Crippen LogP contribution in [0.2, 0.25) is 0 Å². The van der Waals surface area contributed by atoms with E-state index in [1.807, 2.05) is 31.2 Å². The standard InChI is InChI=1S/C17H19NO4S/c1-11-10-14(17(20)22-3)16(23-11)18-15(19)9-6-12-4-7-13(21-2)8-5-12/h4-5,7-8,10H,6,9H2,1-3H3,(H,18,19). The summed E-state index contributed by atoms with van der Waals surface area (Å²) in [5, 5.41) is 3.33. The van der Waals surface area contributed by atoms with Crippen LogP contribution in [-0.4, -0.2) is 26.1 Å². The van der Waals surface area contributed by atoms with Gasteiger partial charge in [0, 0.05) is 11.3 Å². The Kier molecular flexibility index (Phi) is 5.76. The second kappa shape index (κ2) is 7.78. The van der Waals surface area contributed by atoms with E-state index >= 15 is 0 Å². The molecule has 1 aromatic heterocycles. The van der Waals surface area contributed by atoms with Crippen molar-refractivity contribution in [2.24, 2.45) is 0 Å². The molecule has 0 radical (unpaired) electrons. The van der Waals surface area contributed by atoms with Gasteiger partial charge in [-0.3, -0.25) is 4.79 Å². The van der Waals surface area contributed by atoms with Crippen molar-refractivity contribution in [3.05, 3.63) is 46.3 Å². The zero-order chi connectivity index (χ0) is 16.8. The molecule has 0 atom stereocenters. The van der Waals surface area contributed by atoms with Crippen molar-refractivity contribution < 1.29 is 19.1 Å². The SMILES string of the molecule is COC(=O)c1cc(C)sc1NC(=O)CCc1ccc(OC)cc1. The molecule has 1 N–H and O–H groups in total. The van der Waals surface area contributed by atoms with Crippen molar-refractivity contribution in [2.45, 2.75) is 19.8 Å². The van der Waals surface area contributed by atoms with E-state index in [1.54, 1.807) is 13.2 Å². The normalized spacial score (nSPS) is 10.2. The summed E-state index contributed by atoms with van der Waals surface area (Å²) < 4.78 is 9.83. The van der Waals surface area contributed by atoms with Gasteiger partial charge in [-0.2, -0.15) is 0 Å². The smallest absolute Gasteiger partial charge is 0.340 e. The van der Waals surface area contributed by atoms with Crippen molar-refractivity contribution in [2.75, 3.05) is 19.5 Å². The predicted molar refractivity (Wildman–Crippen MR) is 90.3 cm³/mol. The van der Waals surface area contributed by atoms with Crippen LogP contribution >= 0.6 is 11.3 Å². The number of carbonyl (C=O) groups is 2. The second-order valence-corrected chi connectivity index (χ2v) is 6.24. The molecule has 6 heteroatoms. The van der Waals surface area contributed by atoms with Crippen LogP contribution in [-0.2, 0) is 16.0 Å². The van der Waals surface area contributed by atoms with Crippen LogP contribution < -0.4 is 10.1 Å². The lowest BCUT2D eigenvalue weighted by Crippen LogP contribution is -2.14. The van der Waals surface area contributed by atoms with Gasteiger partial charge in [-0.25, -0.2) is 4.79 Å². The number of esters is 1. The third kappa shape index (κ3) is 4.56. The summed E-state index contributed by atoms with van der Waals surface area (Å²) in [6, 6.07) is 9.31. The van der Waals surface area contributed by atoms with Crippen LogP contribution in [0, 0.1) is 6.92 Å². The maximum atomic E-state index is 12.1. The Hall–Kier alpha value is -2.34. The van der Waals surface area contributed by atoms with Gasteiger partial charge < -0.3 is 14.8 Å². The highest BCUT2D eigenvalue weighted by Crippen LogP contribution is 2.28. The Morgan fingerprint density at radius 2 is 1.87 bits per heavy atom. The third-order valence-corrected chi connectivity index (χ3v) is 4.28. The third-order valence-electron chi connectivity index (χ3n) is 3.31. The summed E-state index contributed by atoms with van der Waals surface area (Å²) in [5.41, 5.74) is 1.45. The molecule has 0 aliphatic carbocycles. The van der Waals surface area contributed by atoms with Crippen LogP contribution in [0.4, 0.5) is 5.00 Å². The fraction of sp³-hybridized carbons (Fsp3) is 0.294. The Morgan fingerprint density at radius 1 is 1.17 bits per heavy atom. The van der Waals surface area contributed by atoms with E-state index < -0.39 is 5.97 Å². The lowest BCUT2D eigenvalue weighted by atomic mass is 10.1. The van der Waals surface area contributed by atoms with Gasteiger partial charge in [0.2, 0.25) is 5.91 Å². The average Bonchev–Trinajstić information content (AvgIpc) is 2.93. The molecular formula is C17H19NO4S. The second-order valence-electron chi connectivity index (χ2n) is 4.99. The molecular weight excluding hydrogens is 314 g/mol. The van der Waals surface area contributed by atoms with Crippen LogP contribution in [0.3, 0.4) is 0 Å². The molecule has 1 aromatic carbocycles. The number of rotatable bonds is 6. The molecule has 1 heterocycles. The monoisotopic (exact) mass is 333 g/mol. The Morgan fingerprint density at radius 3 is 2.48 bits per heavy atom. The molecule has 2 aromatic rings. The Labute approximate surface area is 139 Å². The summed E-state index contributed by atoms with van der Waals surface area (Å²) >= 11 is 1.36. The van der Waals surface area contributed by atoms with Crippen molar-refractivity contribution >= 4 is 28.2 Å².